The molecule has 204 valence electrons. The molecule has 2 fully saturated rings. The van der Waals surface area contributed by atoms with Crippen molar-refractivity contribution in [1.29, 1.82) is 0 Å². The van der Waals surface area contributed by atoms with Crippen molar-refractivity contribution in [2.24, 2.45) is 11.3 Å². The molecule has 3 aromatic rings. The van der Waals surface area contributed by atoms with Crippen LogP contribution in [-0.2, 0) is 12.8 Å². The molecule has 3 atom stereocenters. The summed E-state index contributed by atoms with van der Waals surface area (Å²) in [6.45, 7) is 15.1. The Kier molecular flexibility index (Phi) is 8.92. The second-order valence-corrected chi connectivity index (χ2v) is 11.9. The Balaban J connectivity index is 0.000000283. The zero-order valence-electron chi connectivity index (χ0n) is 24.3. The molecule has 0 spiro atoms. The molecular weight excluding hydrogens is 469 g/mol. The van der Waals surface area contributed by atoms with Crippen LogP contribution < -0.4 is 5.32 Å². The van der Waals surface area contributed by atoms with E-state index in [-0.39, 0.29) is 5.82 Å². The Morgan fingerprint density at radius 1 is 1.18 bits per heavy atom. The van der Waals surface area contributed by atoms with E-state index in [1.165, 1.54) is 71.8 Å². The Bertz CT molecular complexity index is 1230. The summed E-state index contributed by atoms with van der Waals surface area (Å²) in [5.74, 6) is 1.32. The molecule has 2 aliphatic carbocycles. The maximum absolute atomic E-state index is 12.9. The third-order valence-corrected chi connectivity index (χ3v) is 9.43. The predicted molar refractivity (Wildman–Crippen MR) is 159 cm³/mol. The van der Waals surface area contributed by atoms with Gasteiger partial charge in [0.15, 0.2) is 0 Å². The van der Waals surface area contributed by atoms with Gasteiger partial charge in [-0.2, -0.15) is 0 Å². The molecule has 3 nitrogen and oxygen atoms in total. The van der Waals surface area contributed by atoms with Gasteiger partial charge in [0.2, 0.25) is 0 Å². The van der Waals surface area contributed by atoms with Crippen molar-refractivity contribution in [1.82, 2.24) is 15.3 Å². The van der Waals surface area contributed by atoms with E-state index in [0.717, 1.165) is 29.9 Å². The molecule has 0 aliphatic heterocycles. The number of H-pyrrole nitrogens is 1. The number of halogens is 1. The number of hydrogen-bond donors (Lipinski definition) is 2. The summed E-state index contributed by atoms with van der Waals surface area (Å²) < 4.78 is 12.9. The lowest BCUT2D eigenvalue weighted by Gasteiger charge is -2.45. The van der Waals surface area contributed by atoms with Gasteiger partial charge in [0.05, 0.1) is 0 Å². The SMILES string of the molecule is C=Cc1c(C2CCC2NC)[nH]c(-c2ccncc2CCC2CCC2(C)C)c1C.CCc1c(C)cccc1F. The summed E-state index contributed by atoms with van der Waals surface area (Å²) in [4.78, 5) is 8.27. The number of nitrogens with one attached hydrogen (secondary N) is 2. The van der Waals surface area contributed by atoms with Gasteiger partial charge in [0.1, 0.15) is 5.82 Å². The van der Waals surface area contributed by atoms with Crippen molar-refractivity contribution in [3.63, 3.8) is 0 Å². The summed E-state index contributed by atoms with van der Waals surface area (Å²) in [7, 11) is 2.07. The molecule has 2 aliphatic rings. The minimum absolute atomic E-state index is 0.0810. The summed E-state index contributed by atoms with van der Waals surface area (Å²) in [5, 5.41) is 3.47. The van der Waals surface area contributed by atoms with Crippen LogP contribution in [0.25, 0.3) is 17.3 Å². The van der Waals surface area contributed by atoms with Crippen molar-refractivity contribution >= 4 is 6.08 Å². The Labute approximate surface area is 229 Å². The lowest BCUT2D eigenvalue weighted by atomic mass is 9.61. The first-order chi connectivity index (χ1) is 18.2. The quantitative estimate of drug-likeness (QED) is 0.315. The third-order valence-electron chi connectivity index (χ3n) is 9.43. The number of benzene rings is 1. The van der Waals surface area contributed by atoms with Crippen molar-refractivity contribution in [2.45, 2.75) is 91.5 Å². The van der Waals surface area contributed by atoms with E-state index in [4.69, 9.17) is 0 Å². The zero-order chi connectivity index (χ0) is 27.4. The molecule has 2 saturated carbocycles. The van der Waals surface area contributed by atoms with Crippen LogP contribution in [0.15, 0.2) is 43.2 Å². The summed E-state index contributed by atoms with van der Waals surface area (Å²) in [6.07, 6.45) is 14.4. The smallest absolute Gasteiger partial charge is 0.126 e. The highest BCUT2D eigenvalue weighted by atomic mass is 19.1. The van der Waals surface area contributed by atoms with Gasteiger partial charge < -0.3 is 10.3 Å². The second-order valence-electron chi connectivity index (χ2n) is 11.9. The van der Waals surface area contributed by atoms with Crippen molar-refractivity contribution in [3.05, 3.63) is 82.6 Å². The van der Waals surface area contributed by atoms with Crippen molar-refractivity contribution in [2.75, 3.05) is 7.05 Å². The number of aryl methyl sites for hydroxylation is 2. The van der Waals surface area contributed by atoms with Gasteiger partial charge in [-0.15, -0.1) is 0 Å². The van der Waals surface area contributed by atoms with Crippen LogP contribution in [0.3, 0.4) is 0 Å². The maximum Gasteiger partial charge on any atom is 0.126 e. The van der Waals surface area contributed by atoms with E-state index in [9.17, 15) is 4.39 Å². The van der Waals surface area contributed by atoms with E-state index >= 15 is 0 Å². The number of aromatic nitrogens is 2. The van der Waals surface area contributed by atoms with Crippen LogP contribution in [0, 0.1) is 31.0 Å². The summed E-state index contributed by atoms with van der Waals surface area (Å²) in [6, 6.07) is 7.94. The summed E-state index contributed by atoms with van der Waals surface area (Å²) in [5.41, 5.74) is 10.3. The molecule has 38 heavy (non-hydrogen) atoms. The average Bonchev–Trinajstić information content (AvgIpc) is 3.19. The van der Waals surface area contributed by atoms with E-state index in [1.807, 2.05) is 32.2 Å². The fourth-order valence-electron chi connectivity index (χ4n) is 6.42. The highest BCUT2D eigenvalue weighted by Crippen LogP contribution is 2.48. The second kappa shape index (κ2) is 12.0. The third kappa shape index (κ3) is 5.66. The van der Waals surface area contributed by atoms with Gasteiger partial charge >= 0.3 is 0 Å². The Morgan fingerprint density at radius 2 is 1.97 bits per heavy atom. The van der Waals surface area contributed by atoms with E-state index < -0.39 is 0 Å². The average molecular weight is 516 g/mol. The normalized spacial score (nSPS) is 21.6. The highest BCUT2D eigenvalue weighted by molar-refractivity contribution is 5.74. The van der Waals surface area contributed by atoms with Crippen molar-refractivity contribution < 1.29 is 4.39 Å². The molecular formula is C34H46FN3. The van der Waals surface area contributed by atoms with Gasteiger partial charge in [-0.25, -0.2) is 4.39 Å². The monoisotopic (exact) mass is 515 g/mol. The predicted octanol–water partition coefficient (Wildman–Crippen LogP) is 8.56. The molecule has 2 aromatic heterocycles. The van der Waals surface area contributed by atoms with Gasteiger partial charge in [0.25, 0.3) is 0 Å². The Hall–Kier alpha value is -2.72. The van der Waals surface area contributed by atoms with Crippen LogP contribution in [0.4, 0.5) is 4.39 Å². The molecule has 2 N–H and O–H groups in total. The van der Waals surface area contributed by atoms with Crippen LogP contribution in [-0.4, -0.2) is 23.1 Å². The van der Waals surface area contributed by atoms with Gasteiger partial charge in [-0.3, -0.25) is 4.98 Å². The number of rotatable bonds is 8. The molecule has 0 bridgehead atoms. The first-order valence-electron chi connectivity index (χ1n) is 14.4. The minimum atomic E-state index is -0.0810. The van der Waals surface area contributed by atoms with Crippen LogP contribution in [0.1, 0.15) is 92.3 Å². The Morgan fingerprint density at radius 3 is 2.50 bits per heavy atom. The van der Waals surface area contributed by atoms with Gasteiger partial charge in [-0.1, -0.05) is 45.6 Å². The van der Waals surface area contributed by atoms with E-state index in [2.05, 4.69) is 61.9 Å². The maximum atomic E-state index is 12.9. The number of pyridine rings is 1. The van der Waals surface area contributed by atoms with E-state index in [1.54, 1.807) is 6.07 Å². The molecule has 2 heterocycles. The lowest BCUT2D eigenvalue weighted by Crippen LogP contribution is -2.40. The molecule has 1 aromatic carbocycles. The molecule has 0 radical (unpaired) electrons. The molecule has 0 saturated heterocycles. The minimum Gasteiger partial charge on any atom is -0.357 e. The number of aromatic amines is 1. The molecule has 5 rings (SSSR count). The molecule has 0 amide bonds. The van der Waals surface area contributed by atoms with Gasteiger partial charge in [0, 0.05) is 41.3 Å². The number of nitrogens with zero attached hydrogens (tertiary/aromatic N) is 1. The first kappa shape index (κ1) is 28.3. The van der Waals surface area contributed by atoms with Crippen LogP contribution >= 0.6 is 0 Å². The van der Waals surface area contributed by atoms with Crippen molar-refractivity contribution in [3.8, 4) is 11.3 Å². The summed E-state index contributed by atoms with van der Waals surface area (Å²) >= 11 is 0. The standard InChI is InChI=1S/C25H35N3.C9H11F/c1-6-19-16(2)23(28-24(19)21-9-10-22(21)26-5)20-12-14-27-15-17(20)7-8-18-11-13-25(18,3)4;1-3-8-7(2)5-4-6-9(8)10/h6,12,14-15,18,21-22,26,28H,1,7-11,13H2,2-5H3;4-6H,3H2,1-2H3. The number of hydrogen-bond acceptors (Lipinski definition) is 2. The fourth-order valence-corrected chi connectivity index (χ4v) is 6.42. The van der Waals surface area contributed by atoms with Crippen LogP contribution in [0.2, 0.25) is 0 Å². The van der Waals surface area contributed by atoms with Gasteiger partial charge in [-0.05, 0) is 117 Å². The van der Waals surface area contributed by atoms with E-state index in [0.29, 0.717) is 17.4 Å². The molecule has 3 unspecified atom stereocenters. The lowest BCUT2D eigenvalue weighted by molar-refractivity contribution is 0.0650. The first-order valence-corrected chi connectivity index (χ1v) is 14.4. The largest absolute Gasteiger partial charge is 0.357 e. The molecule has 4 heteroatoms. The van der Waals surface area contributed by atoms with Crippen LogP contribution in [0.5, 0.6) is 0 Å². The number of likely N-dealkylation sites (N-methyl/N-ethyl adjacent to an activating group) is 1. The zero-order valence-corrected chi connectivity index (χ0v) is 24.3. The fraction of sp³-hybridized carbons (Fsp3) is 0.500. The topological polar surface area (TPSA) is 40.7 Å². The highest BCUT2D eigenvalue weighted by Gasteiger charge is 2.38.